The van der Waals surface area contributed by atoms with Gasteiger partial charge in [-0.2, -0.15) is 0 Å². The molecule has 4 nitrogen and oxygen atoms in total. The van der Waals surface area contributed by atoms with Crippen molar-refractivity contribution < 1.29 is 4.74 Å². The summed E-state index contributed by atoms with van der Waals surface area (Å²) in [5.41, 5.74) is 1.20. The van der Waals surface area contributed by atoms with Crippen molar-refractivity contribution in [1.29, 1.82) is 0 Å². The Morgan fingerprint density at radius 1 is 1.57 bits per heavy atom. The molecule has 0 saturated carbocycles. The van der Waals surface area contributed by atoms with Gasteiger partial charge in [-0.3, -0.25) is 4.40 Å². The largest absolute Gasteiger partial charge is 0.378 e. The number of rotatable bonds is 8. The van der Waals surface area contributed by atoms with Gasteiger partial charge in [0.2, 0.25) is 0 Å². The van der Waals surface area contributed by atoms with Gasteiger partial charge in [0.25, 0.3) is 0 Å². The molecule has 0 amide bonds. The molecule has 1 aliphatic heterocycles. The van der Waals surface area contributed by atoms with Crippen LogP contribution in [-0.2, 0) is 11.2 Å². The maximum Gasteiger partial charge on any atom is 0.193 e. The van der Waals surface area contributed by atoms with Crippen LogP contribution in [0.2, 0.25) is 0 Å². The molecule has 1 aliphatic rings. The predicted molar refractivity (Wildman–Crippen MR) is 87.1 cm³/mol. The van der Waals surface area contributed by atoms with E-state index in [9.17, 15) is 0 Å². The lowest BCUT2D eigenvalue weighted by Crippen LogP contribution is -2.32. The highest BCUT2D eigenvalue weighted by molar-refractivity contribution is 7.15. The van der Waals surface area contributed by atoms with Crippen LogP contribution in [0.15, 0.2) is 17.8 Å². The van der Waals surface area contributed by atoms with Crippen LogP contribution in [0.1, 0.15) is 44.7 Å². The summed E-state index contributed by atoms with van der Waals surface area (Å²) in [6, 6.07) is 0.513. The SMILES string of the molecule is CCCNC(CCC1CCCO1)Cc1cn2ccsc2n1. The third kappa shape index (κ3) is 4.05. The summed E-state index contributed by atoms with van der Waals surface area (Å²) in [6.07, 6.45) is 11.7. The molecule has 0 spiro atoms. The standard InChI is InChI=1S/C16H25N3OS/c1-2-7-17-13(5-6-15-4-3-9-20-15)11-14-12-19-8-10-21-16(19)18-14/h8,10,12-13,15,17H,2-7,9,11H2,1H3. The van der Waals surface area contributed by atoms with Gasteiger partial charge in [-0.25, -0.2) is 4.98 Å². The fourth-order valence-electron chi connectivity index (χ4n) is 3.01. The van der Waals surface area contributed by atoms with Crippen LogP contribution in [0.3, 0.4) is 0 Å². The number of nitrogens with one attached hydrogen (secondary N) is 1. The Bertz CT molecular complexity index is 516. The summed E-state index contributed by atoms with van der Waals surface area (Å²) < 4.78 is 7.87. The lowest BCUT2D eigenvalue weighted by atomic mass is 10.0. The van der Waals surface area contributed by atoms with E-state index in [1.54, 1.807) is 11.3 Å². The van der Waals surface area contributed by atoms with Gasteiger partial charge in [-0.05, 0) is 38.6 Å². The highest BCUT2D eigenvalue weighted by Gasteiger charge is 2.18. The van der Waals surface area contributed by atoms with Gasteiger partial charge in [-0.1, -0.05) is 6.92 Å². The minimum atomic E-state index is 0.487. The summed E-state index contributed by atoms with van der Waals surface area (Å²) in [6.45, 7) is 4.25. The van der Waals surface area contributed by atoms with E-state index in [4.69, 9.17) is 9.72 Å². The molecule has 0 aliphatic carbocycles. The van der Waals surface area contributed by atoms with Crippen LogP contribution < -0.4 is 5.32 Å². The van der Waals surface area contributed by atoms with Crippen molar-refractivity contribution in [3.8, 4) is 0 Å². The van der Waals surface area contributed by atoms with Crippen molar-refractivity contribution in [2.45, 2.75) is 57.6 Å². The molecular formula is C16H25N3OS. The van der Waals surface area contributed by atoms with Crippen LogP contribution in [0.25, 0.3) is 4.96 Å². The molecule has 1 N–H and O–H groups in total. The second kappa shape index (κ2) is 7.38. The molecule has 2 atom stereocenters. The maximum absolute atomic E-state index is 5.75. The molecule has 1 fully saturated rings. The van der Waals surface area contributed by atoms with Crippen molar-refractivity contribution in [1.82, 2.24) is 14.7 Å². The lowest BCUT2D eigenvalue weighted by molar-refractivity contribution is 0.0995. The molecule has 0 radical (unpaired) electrons. The molecule has 2 aromatic rings. The molecule has 0 bridgehead atoms. The number of nitrogens with zero attached hydrogens (tertiary/aromatic N) is 2. The molecule has 1 saturated heterocycles. The van der Waals surface area contributed by atoms with Crippen molar-refractivity contribution in [3.63, 3.8) is 0 Å². The molecule has 5 heteroatoms. The number of ether oxygens (including phenoxy) is 1. The van der Waals surface area contributed by atoms with E-state index in [1.807, 2.05) is 0 Å². The summed E-state index contributed by atoms with van der Waals surface area (Å²) >= 11 is 1.70. The van der Waals surface area contributed by atoms with Crippen molar-refractivity contribution in [3.05, 3.63) is 23.5 Å². The molecule has 3 heterocycles. The van der Waals surface area contributed by atoms with Gasteiger partial charge in [0.1, 0.15) is 0 Å². The Balaban J connectivity index is 1.56. The first-order valence-corrected chi connectivity index (χ1v) is 8.99. The third-order valence-corrected chi connectivity index (χ3v) is 4.91. The summed E-state index contributed by atoms with van der Waals surface area (Å²) in [4.78, 5) is 5.81. The highest BCUT2D eigenvalue weighted by Crippen LogP contribution is 2.19. The Hall–Kier alpha value is -0.910. The molecule has 116 valence electrons. The smallest absolute Gasteiger partial charge is 0.193 e. The topological polar surface area (TPSA) is 38.6 Å². The highest BCUT2D eigenvalue weighted by atomic mass is 32.1. The Labute approximate surface area is 130 Å². The van der Waals surface area contributed by atoms with Crippen LogP contribution in [0.5, 0.6) is 0 Å². The van der Waals surface area contributed by atoms with Gasteiger partial charge in [0, 0.05) is 36.8 Å². The molecule has 2 unspecified atom stereocenters. The fraction of sp³-hybridized carbons (Fsp3) is 0.688. The van der Waals surface area contributed by atoms with E-state index >= 15 is 0 Å². The fourth-order valence-corrected chi connectivity index (χ4v) is 3.73. The minimum Gasteiger partial charge on any atom is -0.378 e. The average molecular weight is 307 g/mol. The Morgan fingerprint density at radius 3 is 3.29 bits per heavy atom. The number of hydrogen-bond acceptors (Lipinski definition) is 4. The van der Waals surface area contributed by atoms with Crippen molar-refractivity contribution >= 4 is 16.3 Å². The number of hydrogen-bond donors (Lipinski definition) is 1. The maximum atomic E-state index is 5.75. The Kier molecular flexibility index (Phi) is 5.27. The van der Waals surface area contributed by atoms with E-state index < -0.39 is 0 Å². The summed E-state index contributed by atoms with van der Waals surface area (Å²) in [5, 5.41) is 5.76. The quantitative estimate of drug-likeness (QED) is 0.813. The van der Waals surface area contributed by atoms with Crippen LogP contribution in [-0.4, -0.2) is 34.7 Å². The first kappa shape index (κ1) is 15.0. The van der Waals surface area contributed by atoms with Crippen molar-refractivity contribution in [2.75, 3.05) is 13.2 Å². The first-order valence-electron chi connectivity index (χ1n) is 8.11. The van der Waals surface area contributed by atoms with E-state index in [1.165, 1.54) is 37.8 Å². The number of thiazole rings is 1. The second-order valence-electron chi connectivity index (χ2n) is 5.89. The van der Waals surface area contributed by atoms with Gasteiger partial charge in [0.05, 0.1) is 11.8 Å². The van der Waals surface area contributed by atoms with E-state index in [-0.39, 0.29) is 0 Å². The normalized spacial score (nSPS) is 20.3. The molecular weight excluding hydrogens is 282 g/mol. The molecule has 2 aromatic heterocycles. The number of fused-ring (bicyclic) bond motifs is 1. The zero-order valence-electron chi connectivity index (χ0n) is 12.8. The van der Waals surface area contributed by atoms with E-state index in [0.29, 0.717) is 12.1 Å². The number of aromatic nitrogens is 2. The Morgan fingerprint density at radius 2 is 2.52 bits per heavy atom. The van der Waals surface area contributed by atoms with Crippen LogP contribution in [0, 0.1) is 0 Å². The van der Waals surface area contributed by atoms with Gasteiger partial charge in [-0.15, -0.1) is 11.3 Å². The summed E-state index contributed by atoms with van der Waals surface area (Å²) in [7, 11) is 0. The zero-order chi connectivity index (χ0) is 14.5. The van der Waals surface area contributed by atoms with E-state index in [0.717, 1.165) is 24.5 Å². The predicted octanol–water partition coefficient (Wildman–Crippen LogP) is 3.27. The monoisotopic (exact) mass is 307 g/mol. The second-order valence-corrected chi connectivity index (χ2v) is 6.77. The average Bonchev–Trinajstić information content (AvgIpc) is 3.18. The van der Waals surface area contributed by atoms with Crippen LogP contribution in [0.4, 0.5) is 0 Å². The van der Waals surface area contributed by atoms with Crippen molar-refractivity contribution in [2.24, 2.45) is 0 Å². The third-order valence-electron chi connectivity index (χ3n) is 4.14. The number of imidazole rings is 1. The lowest BCUT2D eigenvalue weighted by Gasteiger charge is -2.19. The van der Waals surface area contributed by atoms with E-state index in [2.05, 4.69) is 34.4 Å². The molecule has 21 heavy (non-hydrogen) atoms. The van der Waals surface area contributed by atoms with Gasteiger partial charge >= 0.3 is 0 Å². The molecule has 3 rings (SSSR count). The van der Waals surface area contributed by atoms with Gasteiger partial charge in [0.15, 0.2) is 4.96 Å². The van der Waals surface area contributed by atoms with Gasteiger partial charge < -0.3 is 10.1 Å². The summed E-state index contributed by atoms with van der Waals surface area (Å²) in [5.74, 6) is 0. The first-order chi connectivity index (χ1) is 10.3. The van der Waals surface area contributed by atoms with Crippen LogP contribution >= 0.6 is 11.3 Å². The zero-order valence-corrected chi connectivity index (χ0v) is 13.6. The minimum absolute atomic E-state index is 0.487. The molecule has 0 aromatic carbocycles.